The smallest absolute Gasteiger partial charge is 0.0316 e. The third-order valence-electron chi connectivity index (χ3n) is 3.41. The van der Waals surface area contributed by atoms with Gasteiger partial charge in [-0.15, -0.1) is 0 Å². The van der Waals surface area contributed by atoms with E-state index in [1.807, 2.05) is 12.1 Å². The Morgan fingerprint density at radius 3 is 2.94 bits per heavy atom. The molecule has 1 aromatic rings. The summed E-state index contributed by atoms with van der Waals surface area (Å²) in [5.41, 5.74) is 9.54. The molecule has 17 heavy (non-hydrogen) atoms. The molecule has 0 saturated carbocycles. The van der Waals surface area contributed by atoms with Crippen LogP contribution in [-0.4, -0.2) is 24.5 Å². The molecule has 2 rings (SSSR count). The van der Waals surface area contributed by atoms with E-state index in [9.17, 15) is 0 Å². The molecule has 0 aliphatic carbocycles. The van der Waals surface area contributed by atoms with E-state index in [0.717, 1.165) is 18.7 Å². The third-order valence-corrected chi connectivity index (χ3v) is 3.41. The maximum atomic E-state index is 5.77. The third kappa shape index (κ3) is 3.90. The second-order valence-corrected chi connectivity index (χ2v) is 4.95. The quantitative estimate of drug-likeness (QED) is 0.636. The fourth-order valence-corrected chi connectivity index (χ4v) is 2.27. The summed E-state index contributed by atoms with van der Waals surface area (Å²) in [6, 6.07) is 8.23. The molecule has 1 heterocycles. The fourth-order valence-electron chi connectivity index (χ4n) is 2.27. The maximum Gasteiger partial charge on any atom is 0.0316 e. The van der Waals surface area contributed by atoms with Crippen LogP contribution < -0.4 is 5.73 Å². The molecule has 2 heteroatoms. The number of hydrogen-bond donors (Lipinski definition) is 1. The van der Waals surface area contributed by atoms with E-state index in [0.29, 0.717) is 0 Å². The Bertz CT molecular complexity index is 396. The van der Waals surface area contributed by atoms with Crippen molar-refractivity contribution in [2.45, 2.75) is 26.2 Å². The molecular weight excluding hydrogens is 208 g/mol. The highest BCUT2D eigenvalue weighted by molar-refractivity contribution is 5.40. The zero-order valence-electron chi connectivity index (χ0n) is 10.7. The lowest BCUT2D eigenvalue weighted by Crippen LogP contribution is -2.29. The normalized spacial score (nSPS) is 16.9. The molecule has 0 spiro atoms. The van der Waals surface area contributed by atoms with E-state index in [2.05, 4.69) is 30.0 Å². The SMILES string of the molecule is CC1=CCN(CCCc2cccc(N)c2)CC1. The van der Waals surface area contributed by atoms with Crippen LogP contribution in [0.5, 0.6) is 0 Å². The number of aryl methyl sites for hydroxylation is 1. The van der Waals surface area contributed by atoms with Crippen molar-refractivity contribution >= 4 is 5.69 Å². The van der Waals surface area contributed by atoms with Crippen molar-refractivity contribution in [3.63, 3.8) is 0 Å². The highest BCUT2D eigenvalue weighted by atomic mass is 15.1. The lowest BCUT2D eigenvalue weighted by molar-refractivity contribution is 0.290. The molecule has 0 aromatic heterocycles. The Hall–Kier alpha value is -1.28. The number of hydrogen-bond acceptors (Lipinski definition) is 2. The van der Waals surface area contributed by atoms with Gasteiger partial charge in [-0.25, -0.2) is 0 Å². The molecule has 0 amide bonds. The van der Waals surface area contributed by atoms with E-state index in [1.54, 1.807) is 0 Å². The average Bonchev–Trinajstić information content (AvgIpc) is 2.32. The first-order valence-electron chi connectivity index (χ1n) is 6.46. The minimum absolute atomic E-state index is 0.874. The van der Waals surface area contributed by atoms with Crippen LogP contribution in [0.4, 0.5) is 5.69 Å². The molecule has 1 aliphatic heterocycles. The first-order chi connectivity index (χ1) is 8.24. The Kier molecular flexibility index (Phi) is 4.21. The van der Waals surface area contributed by atoms with Crippen LogP contribution in [0.3, 0.4) is 0 Å². The van der Waals surface area contributed by atoms with Gasteiger partial charge in [0.2, 0.25) is 0 Å². The van der Waals surface area contributed by atoms with Gasteiger partial charge in [-0.3, -0.25) is 4.90 Å². The number of nitrogen functional groups attached to an aromatic ring is 1. The molecule has 92 valence electrons. The molecule has 0 fully saturated rings. The standard InChI is InChI=1S/C15H22N2/c1-13-7-10-17(11-8-13)9-3-5-14-4-2-6-15(16)12-14/h2,4,6-7,12H,3,5,8-11,16H2,1H3. The highest BCUT2D eigenvalue weighted by Crippen LogP contribution is 2.12. The lowest BCUT2D eigenvalue weighted by Gasteiger charge is -2.25. The molecule has 0 bridgehead atoms. The highest BCUT2D eigenvalue weighted by Gasteiger charge is 2.08. The minimum Gasteiger partial charge on any atom is -0.399 e. The number of benzene rings is 1. The summed E-state index contributed by atoms with van der Waals surface area (Å²) in [5, 5.41) is 0. The van der Waals surface area contributed by atoms with Crippen molar-refractivity contribution < 1.29 is 0 Å². The van der Waals surface area contributed by atoms with E-state index in [1.165, 1.54) is 37.1 Å². The Morgan fingerprint density at radius 1 is 1.35 bits per heavy atom. The number of nitrogens with zero attached hydrogens (tertiary/aromatic N) is 1. The molecule has 0 unspecified atom stereocenters. The second-order valence-electron chi connectivity index (χ2n) is 4.95. The topological polar surface area (TPSA) is 29.3 Å². The van der Waals surface area contributed by atoms with Crippen LogP contribution in [0, 0.1) is 0 Å². The van der Waals surface area contributed by atoms with Crippen molar-refractivity contribution in [3.8, 4) is 0 Å². The van der Waals surface area contributed by atoms with Gasteiger partial charge in [-0.1, -0.05) is 23.8 Å². The fraction of sp³-hybridized carbons (Fsp3) is 0.467. The molecule has 2 nitrogen and oxygen atoms in total. The molecule has 2 N–H and O–H groups in total. The van der Waals surface area contributed by atoms with Gasteiger partial charge in [0.1, 0.15) is 0 Å². The van der Waals surface area contributed by atoms with Gasteiger partial charge in [0.05, 0.1) is 0 Å². The van der Waals surface area contributed by atoms with E-state index in [-0.39, 0.29) is 0 Å². The van der Waals surface area contributed by atoms with Gasteiger partial charge >= 0.3 is 0 Å². The molecule has 1 aliphatic rings. The Morgan fingerprint density at radius 2 is 2.24 bits per heavy atom. The van der Waals surface area contributed by atoms with Crippen molar-refractivity contribution in [1.29, 1.82) is 0 Å². The van der Waals surface area contributed by atoms with E-state index in [4.69, 9.17) is 5.73 Å². The van der Waals surface area contributed by atoms with E-state index < -0.39 is 0 Å². The number of anilines is 1. The summed E-state index contributed by atoms with van der Waals surface area (Å²) < 4.78 is 0. The van der Waals surface area contributed by atoms with E-state index >= 15 is 0 Å². The molecule has 1 aromatic carbocycles. The predicted molar refractivity (Wildman–Crippen MR) is 74.0 cm³/mol. The Labute approximate surface area is 104 Å². The molecular formula is C15H22N2. The first kappa shape index (κ1) is 12.2. The molecule has 0 atom stereocenters. The van der Waals surface area contributed by atoms with Crippen molar-refractivity contribution in [2.24, 2.45) is 0 Å². The van der Waals surface area contributed by atoms with Crippen LogP contribution >= 0.6 is 0 Å². The predicted octanol–water partition coefficient (Wildman–Crippen LogP) is 2.85. The number of nitrogens with two attached hydrogens (primary N) is 1. The molecule has 0 saturated heterocycles. The van der Waals surface area contributed by atoms with Crippen molar-refractivity contribution in [3.05, 3.63) is 41.5 Å². The number of rotatable bonds is 4. The van der Waals surface area contributed by atoms with Gasteiger partial charge in [-0.2, -0.15) is 0 Å². The van der Waals surface area contributed by atoms with Gasteiger partial charge in [0, 0.05) is 18.8 Å². The summed E-state index contributed by atoms with van der Waals surface area (Å²) >= 11 is 0. The van der Waals surface area contributed by atoms with Crippen LogP contribution in [0.15, 0.2) is 35.9 Å². The zero-order valence-corrected chi connectivity index (χ0v) is 10.7. The summed E-state index contributed by atoms with van der Waals surface area (Å²) in [4.78, 5) is 2.53. The average molecular weight is 230 g/mol. The van der Waals surface area contributed by atoms with Crippen molar-refractivity contribution in [2.75, 3.05) is 25.4 Å². The summed E-state index contributed by atoms with van der Waals surface area (Å²) in [6.07, 6.45) is 5.93. The Balaban J connectivity index is 1.73. The minimum atomic E-state index is 0.874. The monoisotopic (exact) mass is 230 g/mol. The largest absolute Gasteiger partial charge is 0.399 e. The summed E-state index contributed by atoms with van der Waals surface area (Å²) in [5.74, 6) is 0. The van der Waals surface area contributed by atoms with Gasteiger partial charge in [0.15, 0.2) is 0 Å². The second kappa shape index (κ2) is 5.87. The zero-order chi connectivity index (χ0) is 12.1. The van der Waals surface area contributed by atoms with Gasteiger partial charge in [-0.05, 0) is 50.4 Å². The van der Waals surface area contributed by atoms with Crippen LogP contribution in [-0.2, 0) is 6.42 Å². The van der Waals surface area contributed by atoms with Crippen LogP contribution in [0.25, 0.3) is 0 Å². The summed E-state index contributed by atoms with van der Waals surface area (Å²) in [7, 11) is 0. The lowest BCUT2D eigenvalue weighted by atomic mass is 10.1. The van der Waals surface area contributed by atoms with Crippen LogP contribution in [0.2, 0.25) is 0 Å². The van der Waals surface area contributed by atoms with Gasteiger partial charge < -0.3 is 5.73 Å². The first-order valence-corrected chi connectivity index (χ1v) is 6.46. The van der Waals surface area contributed by atoms with Gasteiger partial charge in [0.25, 0.3) is 0 Å². The maximum absolute atomic E-state index is 5.77. The summed E-state index contributed by atoms with van der Waals surface area (Å²) in [6.45, 7) is 5.77. The van der Waals surface area contributed by atoms with Crippen LogP contribution in [0.1, 0.15) is 25.3 Å². The van der Waals surface area contributed by atoms with Crippen molar-refractivity contribution in [1.82, 2.24) is 4.90 Å². The molecule has 0 radical (unpaired) electrons.